The Morgan fingerprint density at radius 1 is 1.32 bits per heavy atom. The van der Waals surface area contributed by atoms with E-state index >= 15 is 0 Å². The lowest BCUT2D eigenvalue weighted by Gasteiger charge is -2.11. The molecule has 2 amide bonds. The van der Waals surface area contributed by atoms with Gasteiger partial charge < -0.3 is 15.7 Å². The highest BCUT2D eigenvalue weighted by atomic mass is 32.1. The monoisotopic (exact) mass is 453 g/mol. The van der Waals surface area contributed by atoms with Crippen molar-refractivity contribution < 1.29 is 27.9 Å². The molecule has 0 spiro atoms. The highest BCUT2D eigenvalue weighted by molar-refractivity contribution is 7.13. The van der Waals surface area contributed by atoms with Gasteiger partial charge >= 0.3 is 6.18 Å². The Hall–Kier alpha value is -3.54. The maximum Gasteiger partial charge on any atom is 0.420 e. The summed E-state index contributed by atoms with van der Waals surface area (Å²) in [6.45, 7) is 6.82. The van der Waals surface area contributed by atoms with E-state index in [2.05, 4.69) is 32.2 Å². The number of anilines is 1. The molecule has 2 heterocycles. The lowest BCUT2D eigenvalue weighted by Crippen LogP contribution is -2.27. The summed E-state index contributed by atoms with van der Waals surface area (Å²) < 4.78 is 38.6. The first kappa shape index (κ1) is 23.7. The van der Waals surface area contributed by atoms with Crippen molar-refractivity contribution in [2.45, 2.75) is 26.1 Å². The number of hydrogen-bond donors (Lipinski definition) is 3. The SMILES string of the molecule is C=C/C=C(\N=C/C)C(=O)N[C@H](C)c1ncc(C(=O)Nc2cc(C(F)(F)F)c(O)cn2)s1. The van der Waals surface area contributed by atoms with E-state index in [9.17, 15) is 27.9 Å². The molecule has 2 aromatic heterocycles. The van der Waals surface area contributed by atoms with E-state index in [1.165, 1.54) is 24.6 Å². The van der Waals surface area contributed by atoms with Crippen LogP contribution in [-0.4, -0.2) is 33.1 Å². The molecule has 0 aliphatic rings. The molecule has 0 unspecified atom stereocenters. The van der Waals surface area contributed by atoms with E-state index in [4.69, 9.17) is 0 Å². The van der Waals surface area contributed by atoms with Gasteiger partial charge in [0.15, 0.2) is 0 Å². The van der Waals surface area contributed by atoms with Gasteiger partial charge in [0.2, 0.25) is 0 Å². The van der Waals surface area contributed by atoms with E-state index in [1.807, 2.05) is 0 Å². The fourth-order valence-electron chi connectivity index (χ4n) is 2.27. The van der Waals surface area contributed by atoms with Gasteiger partial charge in [0.05, 0.1) is 18.4 Å². The number of nitrogens with zero attached hydrogens (tertiary/aromatic N) is 3. The number of hydrogen-bond acceptors (Lipinski definition) is 7. The molecule has 0 saturated heterocycles. The molecule has 0 bridgehead atoms. The molecule has 3 N–H and O–H groups in total. The smallest absolute Gasteiger partial charge is 0.420 e. The molecule has 164 valence electrons. The normalized spacial score (nSPS) is 13.1. The first-order valence-corrected chi connectivity index (χ1v) is 9.54. The predicted molar refractivity (Wildman–Crippen MR) is 110 cm³/mol. The average Bonchev–Trinajstić information content (AvgIpc) is 3.19. The largest absolute Gasteiger partial charge is 0.506 e. The van der Waals surface area contributed by atoms with Crippen molar-refractivity contribution in [3.63, 3.8) is 0 Å². The molecular weight excluding hydrogens is 435 g/mol. The molecule has 0 aromatic carbocycles. The van der Waals surface area contributed by atoms with Gasteiger partial charge in [-0.3, -0.25) is 14.6 Å². The highest BCUT2D eigenvalue weighted by Crippen LogP contribution is 2.36. The Labute approximate surface area is 179 Å². The van der Waals surface area contributed by atoms with Crippen molar-refractivity contribution in [1.82, 2.24) is 15.3 Å². The van der Waals surface area contributed by atoms with Crippen molar-refractivity contribution in [3.05, 3.63) is 58.3 Å². The maximum absolute atomic E-state index is 12.9. The van der Waals surface area contributed by atoms with E-state index < -0.39 is 35.3 Å². The number of aromatic hydroxyl groups is 1. The quantitative estimate of drug-likeness (QED) is 0.335. The van der Waals surface area contributed by atoms with Gasteiger partial charge in [-0.05, 0) is 26.0 Å². The fourth-order valence-corrected chi connectivity index (χ4v) is 3.09. The summed E-state index contributed by atoms with van der Waals surface area (Å²) in [5.74, 6) is -2.65. The molecule has 0 aliphatic carbocycles. The van der Waals surface area contributed by atoms with Crippen molar-refractivity contribution >= 4 is 35.2 Å². The van der Waals surface area contributed by atoms with Crippen molar-refractivity contribution in [2.75, 3.05) is 5.32 Å². The van der Waals surface area contributed by atoms with E-state index in [-0.39, 0.29) is 16.4 Å². The van der Waals surface area contributed by atoms with E-state index in [1.54, 1.807) is 13.8 Å². The molecule has 8 nitrogen and oxygen atoms in total. The second kappa shape index (κ2) is 9.98. The first-order valence-electron chi connectivity index (χ1n) is 8.72. The summed E-state index contributed by atoms with van der Waals surface area (Å²) in [5.41, 5.74) is -1.19. The summed E-state index contributed by atoms with van der Waals surface area (Å²) in [7, 11) is 0. The molecule has 0 aliphatic heterocycles. The number of alkyl halides is 3. The minimum atomic E-state index is -4.81. The van der Waals surface area contributed by atoms with Crippen LogP contribution >= 0.6 is 11.3 Å². The Morgan fingerprint density at radius 3 is 2.65 bits per heavy atom. The van der Waals surface area contributed by atoms with Crippen LogP contribution in [0.25, 0.3) is 0 Å². The van der Waals surface area contributed by atoms with E-state index in [0.29, 0.717) is 17.3 Å². The van der Waals surface area contributed by atoms with Crippen molar-refractivity contribution in [1.29, 1.82) is 0 Å². The number of pyridine rings is 1. The van der Waals surface area contributed by atoms with Gasteiger partial charge in [-0.2, -0.15) is 13.2 Å². The van der Waals surface area contributed by atoms with Crippen molar-refractivity contribution in [3.8, 4) is 5.75 Å². The summed E-state index contributed by atoms with van der Waals surface area (Å²) in [6, 6.07) is -0.0392. The van der Waals surface area contributed by atoms with Gasteiger partial charge in [-0.25, -0.2) is 9.97 Å². The molecule has 2 aromatic rings. The number of halogens is 3. The summed E-state index contributed by atoms with van der Waals surface area (Å²) in [5, 5.41) is 14.6. The van der Waals surface area contributed by atoms with Gasteiger partial charge in [-0.15, -0.1) is 11.3 Å². The Kier molecular flexibility index (Phi) is 7.64. The third kappa shape index (κ3) is 6.22. The second-order valence-electron chi connectivity index (χ2n) is 5.97. The lowest BCUT2D eigenvalue weighted by atomic mass is 10.2. The summed E-state index contributed by atoms with van der Waals surface area (Å²) in [6.07, 6.45) is 1.32. The van der Waals surface area contributed by atoms with Gasteiger partial charge in [0.1, 0.15) is 32.7 Å². The molecular formula is C19H18F3N5O3S. The Morgan fingerprint density at radius 2 is 2.03 bits per heavy atom. The third-order valence-corrected chi connectivity index (χ3v) is 4.85. The van der Waals surface area contributed by atoms with Crippen LogP contribution in [0.3, 0.4) is 0 Å². The standard InChI is InChI=1S/C19H18F3N5O3S/c1-4-6-12(23-5-2)16(29)26-10(3)18-25-9-14(31-18)17(30)27-15-7-11(19(20,21)22)13(28)8-24-15/h4-10,28H,1H2,2-3H3,(H,26,29)(H,24,27,30)/b12-6-,23-5-/t10-/m1/s1. The Balaban J connectivity index is 2.12. The highest BCUT2D eigenvalue weighted by Gasteiger charge is 2.34. The van der Waals surface area contributed by atoms with Crippen LogP contribution in [0.15, 0.2) is 47.9 Å². The molecule has 1 atom stereocenters. The summed E-state index contributed by atoms with van der Waals surface area (Å²) in [4.78, 5) is 36.3. The number of amides is 2. The van der Waals surface area contributed by atoms with Gasteiger partial charge in [0.25, 0.3) is 11.8 Å². The van der Waals surface area contributed by atoms with Gasteiger partial charge in [0, 0.05) is 6.21 Å². The molecule has 0 saturated carbocycles. The molecule has 0 radical (unpaired) electrons. The van der Waals surface area contributed by atoms with Crippen LogP contribution in [0.4, 0.5) is 19.0 Å². The zero-order valence-corrected chi connectivity index (χ0v) is 17.2. The Bertz CT molecular complexity index is 1050. The molecule has 2 rings (SSSR count). The number of allylic oxidation sites excluding steroid dienone is 2. The minimum absolute atomic E-state index is 0.0907. The maximum atomic E-state index is 12.9. The van der Waals surface area contributed by atoms with Gasteiger partial charge in [-0.1, -0.05) is 12.7 Å². The number of nitrogens with one attached hydrogen (secondary N) is 2. The van der Waals surface area contributed by atoms with E-state index in [0.717, 1.165) is 11.3 Å². The van der Waals surface area contributed by atoms with Crippen LogP contribution in [0, 0.1) is 0 Å². The number of aliphatic imine (C=N–C) groups is 1. The first-order chi connectivity index (χ1) is 14.6. The third-order valence-electron chi connectivity index (χ3n) is 3.67. The molecule has 0 fully saturated rings. The van der Waals surface area contributed by atoms with Crippen LogP contribution < -0.4 is 10.6 Å². The topological polar surface area (TPSA) is 117 Å². The fraction of sp³-hybridized carbons (Fsp3) is 0.211. The predicted octanol–water partition coefficient (Wildman–Crippen LogP) is 3.85. The average molecular weight is 453 g/mol. The zero-order chi connectivity index (χ0) is 23.2. The van der Waals surface area contributed by atoms with Crippen LogP contribution in [0.1, 0.15) is 40.1 Å². The van der Waals surface area contributed by atoms with Crippen molar-refractivity contribution in [2.24, 2.45) is 4.99 Å². The number of rotatable bonds is 7. The lowest BCUT2D eigenvalue weighted by molar-refractivity contribution is -0.138. The van der Waals surface area contributed by atoms with Crippen LogP contribution in [0.2, 0.25) is 0 Å². The number of carbonyl (C=O) groups is 2. The number of aromatic nitrogens is 2. The minimum Gasteiger partial charge on any atom is -0.506 e. The summed E-state index contributed by atoms with van der Waals surface area (Å²) >= 11 is 0.946. The van der Waals surface area contributed by atoms with Crippen LogP contribution in [-0.2, 0) is 11.0 Å². The molecule has 12 heteroatoms. The zero-order valence-electron chi connectivity index (χ0n) is 16.4. The molecule has 31 heavy (non-hydrogen) atoms. The van der Waals surface area contributed by atoms with Crippen LogP contribution in [0.5, 0.6) is 5.75 Å². The number of carbonyl (C=O) groups excluding carboxylic acids is 2. The number of thiazole rings is 1. The second-order valence-corrected chi connectivity index (χ2v) is 7.03.